The van der Waals surface area contributed by atoms with Crippen molar-refractivity contribution in [1.82, 2.24) is 19.9 Å². The first kappa shape index (κ1) is 15.2. The molecule has 2 aromatic carbocycles. The van der Waals surface area contributed by atoms with E-state index in [1.165, 1.54) is 0 Å². The van der Waals surface area contributed by atoms with Crippen molar-refractivity contribution in [2.45, 2.75) is 0 Å². The fourth-order valence-electron chi connectivity index (χ4n) is 3.86. The Labute approximate surface area is 160 Å². The van der Waals surface area contributed by atoms with Gasteiger partial charge in [-0.1, -0.05) is 36.4 Å². The van der Waals surface area contributed by atoms with E-state index >= 15 is 0 Å². The maximum Gasteiger partial charge on any atom is 0.0872 e. The smallest absolute Gasteiger partial charge is 0.0872 e. The number of rotatable bonds is 2. The summed E-state index contributed by atoms with van der Waals surface area (Å²) in [4.78, 5) is 16.5. The maximum atomic E-state index is 5.01. The molecule has 0 spiro atoms. The zero-order chi connectivity index (χ0) is 18.5. The molecule has 0 unspecified atom stereocenters. The molecule has 28 heavy (non-hydrogen) atoms. The first-order valence-electron chi connectivity index (χ1n) is 9.28. The van der Waals surface area contributed by atoms with Crippen LogP contribution in [0.15, 0.2) is 85.2 Å². The molecule has 4 heterocycles. The van der Waals surface area contributed by atoms with Gasteiger partial charge in [0.15, 0.2) is 0 Å². The molecule has 0 aliphatic rings. The average molecular weight is 360 g/mol. The minimum atomic E-state index is 0.933. The second kappa shape index (κ2) is 5.79. The fraction of sp³-hybridized carbons (Fsp3) is 0. The molecule has 132 valence electrons. The van der Waals surface area contributed by atoms with Crippen molar-refractivity contribution in [3.8, 4) is 22.8 Å². The lowest BCUT2D eigenvalue weighted by atomic mass is 10.0. The third-order valence-corrected chi connectivity index (χ3v) is 5.25. The Hall–Kier alpha value is -3.92. The number of aromatic nitrogens is 4. The highest BCUT2D eigenvalue weighted by atomic mass is 14.8. The highest BCUT2D eigenvalue weighted by Gasteiger charge is 2.11. The van der Waals surface area contributed by atoms with E-state index in [-0.39, 0.29) is 0 Å². The average Bonchev–Trinajstić information content (AvgIpc) is 3.46. The highest BCUT2D eigenvalue weighted by Crippen LogP contribution is 2.32. The summed E-state index contributed by atoms with van der Waals surface area (Å²) in [6, 6.07) is 25.0. The van der Waals surface area contributed by atoms with Gasteiger partial charge in [0.05, 0.1) is 33.8 Å². The van der Waals surface area contributed by atoms with Crippen molar-refractivity contribution < 1.29 is 0 Å². The van der Waals surface area contributed by atoms with Crippen molar-refractivity contribution in [1.29, 1.82) is 0 Å². The molecule has 0 radical (unpaired) electrons. The summed E-state index contributed by atoms with van der Waals surface area (Å²) in [5.41, 5.74) is 5.85. The van der Waals surface area contributed by atoms with Crippen LogP contribution in [-0.4, -0.2) is 19.9 Å². The number of hydrogen-bond donors (Lipinski definition) is 2. The second-order valence-corrected chi connectivity index (χ2v) is 6.93. The minimum Gasteiger partial charge on any atom is -0.360 e. The number of pyridine rings is 2. The van der Waals surface area contributed by atoms with Gasteiger partial charge in [0.2, 0.25) is 0 Å². The third kappa shape index (κ3) is 2.25. The monoisotopic (exact) mass is 360 g/mol. The van der Waals surface area contributed by atoms with Gasteiger partial charge in [0.25, 0.3) is 0 Å². The molecule has 4 aromatic heterocycles. The van der Waals surface area contributed by atoms with Gasteiger partial charge in [-0.2, -0.15) is 0 Å². The standard InChI is InChI=1S/C24H16N4/c1-3-18(25-13-1)20-11-9-16-7-5-15-6-8-17-10-12-21(19-4-2-14-26-19)28-24(17)22(15)23(16)27-20/h1-14,25-26H. The third-order valence-electron chi connectivity index (χ3n) is 5.25. The van der Waals surface area contributed by atoms with E-state index in [4.69, 9.17) is 9.97 Å². The van der Waals surface area contributed by atoms with Gasteiger partial charge < -0.3 is 9.97 Å². The van der Waals surface area contributed by atoms with Gasteiger partial charge in [0.1, 0.15) is 0 Å². The van der Waals surface area contributed by atoms with Crippen LogP contribution in [0.3, 0.4) is 0 Å². The molecule has 0 atom stereocenters. The van der Waals surface area contributed by atoms with E-state index in [9.17, 15) is 0 Å². The lowest BCUT2D eigenvalue weighted by Crippen LogP contribution is -1.91. The number of H-pyrrole nitrogens is 2. The SMILES string of the molecule is c1c[nH]c(-c2ccc3ccc4ccc5ccc(-c6ccc[nH]6)nc5c4c3n2)c1. The topological polar surface area (TPSA) is 57.4 Å². The lowest BCUT2D eigenvalue weighted by Gasteiger charge is -2.09. The zero-order valence-corrected chi connectivity index (χ0v) is 15.0. The van der Waals surface area contributed by atoms with E-state index in [0.717, 1.165) is 55.4 Å². The Kier molecular flexibility index (Phi) is 3.14. The van der Waals surface area contributed by atoms with Crippen LogP contribution in [0.5, 0.6) is 0 Å². The van der Waals surface area contributed by atoms with Crippen LogP contribution in [0.1, 0.15) is 0 Å². The van der Waals surface area contributed by atoms with Crippen LogP contribution in [0.4, 0.5) is 0 Å². The molecular formula is C24H16N4. The second-order valence-electron chi connectivity index (χ2n) is 6.93. The Morgan fingerprint density at radius 1 is 0.500 bits per heavy atom. The molecule has 4 heteroatoms. The molecule has 0 amide bonds. The summed E-state index contributed by atoms with van der Waals surface area (Å²) in [5, 5.41) is 4.47. The summed E-state index contributed by atoms with van der Waals surface area (Å²) in [7, 11) is 0. The first-order chi connectivity index (χ1) is 13.9. The van der Waals surface area contributed by atoms with E-state index in [1.807, 2.05) is 36.7 Å². The summed E-state index contributed by atoms with van der Waals surface area (Å²) in [6.07, 6.45) is 3.84. The van der Waals surface area contributed by atoms with Gasteiger partial charge in [-0.05, 0) is 41.8 Å². The van der Waals surface area contributed by atoms with Crippen molar-refractivity contribution in [3.05, 3.63) is 85.2 Å². The van der Waals surface area contributed by atoms with Crippen LogP contribution in [0, 0.1) is 0 Å². The molecule has 0 saturated heterocycles. The van der Waals surface area contributed by atoms with Gasteiger partial charge in [-0.3, -0.25) is 0 Å². The lowest BCUT2D eigenvalue weighted by molar-refractivity contribution is 1.32. The largest absolute Gasteiger partial charge is 0.360 e. The summed E-state index contributed by atoms with van der Waals surface area (Å²) >= 11 is 0. The van der Waals surface area contributed by atoms with E-state index in [1.54, 1.807) is 0 Å². The molecule has 2 N–H and O–H groups in total. The predicted octanol–water partition coefficient (Wildman–Crippen LogP) is 5.93. The summed E-state index contributed by atoms with van der Waals surface area (Å²) < 4.78 is 0. The normalized spacial score (nSPS) is 11.6. The Bertz CT molecular complexity index is 1340. The van der Waals surface area contributed by atoms with E-state index in [0.29, 0.717) is 0 Å². The fourth-order valence-corrected chi connectivity index (χ4v) is 3.86. The number of benzene rings is 2. The molecule has 0 aliphatic heterocycles. The maximum absolute atomic E-state index is 5.01. The quantitative estimate of drug-likeness (QED) is 0.376. The number of hydrogen-bond acceptors (Lipinski definition) is 2. The number of aromatic amines is 2. The predicted molar refractivity (Wildman–Crippen MR) is 114 cm³/mol. The van der Waals surface area contributed by atoms with E-state index in [2.05, 4.69) is 58.5 Å². The molecular weight excluding hydrogens is 344 g/mol. The van der Waals surface area contributed by atoms with Crippen LogP contribution in [0.25, 0.3) is 55.4 Å². The first-order valence-corrected chi connectivity index (χ1v) is 9.28. The Balaban J connectivity index is 1.73. The molecule has 6 aromatic rings. The van der Waals surface area contributed by atoms with Crippen LogP contribution in [0.2, 0.25) is 0 Å². The minimum absolute atomic E-state index is 0.933. The molecule has 6 rings (SSSR count). The van der Waals surface area contributed by atoms with Gasteiger partial charge in [-0.15, -0.1) is 0 Å². The number of fused-ring (bicyclic) bond motifs is 5. The van der Waals surface area contributed by atoms with Crippen molar-refractivity contribution in [2.75, 3.05) is 0 Å². The molecule has 0 aliphatic carbocycles. The van der Waals surface area contributed by atoms with Crippen molar-refractivity contribution in [2.24, 2.45) is 0 Å². The highest BCUT2D eigenvalue weighted by molar-refractivity contribution is 6.17. The van der Waals surface area contributed by atoms with Crippen molar-refractivity contribution >= 4 is 32.6 Å². The zero-order valence-electron chi connectivity index (χ0n) is 15.0. The van der Waals surface area contributed by atoms with Crippen molar-refractivity contribution in [3.63, 3.8) is 0 Å². The van der Waals surface area contributed by atoms with Gasteiger partial charge in [0, 0.05) is 28.6 Å². The molecule has 0 fully saturated rings. The van der Waals surface area contributed by atoms with Gasteiger partial charge >= 0.3 is 0 Å². The van der Waals surface area contributed by atoms with Crippen LogP contribution in [-0.2, 0) is 0 Å². The number of nitrogens with zero attached hydrogens (tertiary/aromatic N) is 2. The Morgan fingerprint density at radius 2 is 0.964 bits per heavy atom. The molecule has 4 nitrogen and oxygen atoms in total. The molecule has 0 bridgehead atoms. The van der Waals surface area contributed by atoms with Crippen LogP contribution < -0.4 is 0 Å². The Morgan fingerprint density at radius 3 is 1.43 bits per heavy atom. The summed E-state index contributed by atoms with van der Waals surface area (Å²) in [6.45, 7) is 0. The van der Waals surface area contributed by atoms with Crippen LogP contribution >= 0.6 is 0 Å². The molecule has 0 saturated carbocycles. The van der Waals surface area contributed by atoms with Gasteiger partial charge in [-0.25, -0.2) is 9.97 Å². The van der Waals surface area contributed by atoms with E-state index < -0.39 is 0 Å². The summed E-state index contributed by atoms with van der Waals surface area (Å²) in [5.74, 6) is 0. The number of nitrogens with one attached hydrogen (secondary N) is 2.